The number of aryl methyl sites for hydroxylation is 1. The van der Waals surface area contributed by atoms with Gasteiger partial charge in [-0.25, -0.2) is 0 Å². The minimum Gasteiger partial charge on any atom is -0.316 e. The molecule has 1 heterocycles. The second-order valence-corrected chi connectivity index (χ2v) is 4.89. The predicted octanol–water partition coefficient (Wildman–Crippen LogP) is 2.80. The maximum Gasteiger partial charge on any atom is 0.0821 e. The number of likely N-dealkylation sites (N-methyl/N-ethyl adjacent to an activating group) is 1. The predicted molar refractivity (Wildman–Crippen MR) is 67.0 cm³/mol. The number of nitrogens with zero attached hydrogens (tertiary/aromatic N) is 2. The summed E-state index contributed by atoms with van der Waals surface area (Å²) in [7, 11) is 2.05. The monoisotopic (exact) mass is 241 g/mol. The molecule has 90 valence electrons. The smallest absolute Gasteiger partial charge is 0.0821 e. The summed E-state index contributed by atoms with van der Waals surface area (Å²) in [6.45, 7) is 3.01. The first-order valence-electron chi connectivity index (χ1n) is 6.16. The van der Waals surface area contributed by atoms with Gasteiger partial charge in [-0.1, -0.05) is 24.4 Å². The lowest BCUT2D eigenvalue weighted by molar-refractivity contribution is 0.329. The van der Waals surface area contributed by atoms with Crippen LogP contribution in [0.15, 0.2) is 6.20 Å². The van der Waals surface area contributed by atoms with E-state index in [4.69, 9.17) is 11.6 Å². The zero-order chi connectivity index (χ0) is 11.5. The van der Waals surface area contributed by atoms with Gasteiger partial charge in [0.05, 0.1) is 16.9 Å². The Labute approximate surface area is 102 Å². The van der Waals surface area contributed by atoms with E-state index >= 15 is 0 Å². The normalized spacial score (nSPS) is 25.9. The van der Waals surface area contributed by atoms with Crippen molar-refractivity contribution >= 4 is 11.6 Å². The van der Waals surface area contributed by atoms with Crippen LogP contribution >= 0.6 is 11.6 Å². The fourth-order valence-electron chi connectivity index (χ4n) is 2.80. The van der Waals surface area contributed by atoms with Crippen molar-refractivity contribution in [3.8, 4) is 0 Å². The van der Waals surface area contributed by atoms with E-state index < -0.39 is 0 Å². The Bertz CT molecular complexity index is 348. The van der Waals surface area contributed by atoms with Gasteiger partial charge in [0, 0.05) is 18.5 Å². The Morgan fingerprint density at radius 1 is 1.50 bits per heavy atom. The van der Waals surface area contributed by atoms with Gasteiger partial charge >= 0.3 is 0 Å². The molecular weight excluding hydrogens is 222 g/mol. The second-order valence-electron chi connectivity index (χ2n) is 4.48. The Morgan fingerprint density at radius 3 is 2.94 bits per heavy atom. The van der Waals surface area contributed by atoms with Crippen LogP contribution in [-0.2, 0) is 6.54 Å². The first kappa shape index (κ1) is 11.9. The second kappa shape index (κ2) is 5.19. The summed E-state index contributed by atoms with van der Waals surface area (Å²) < 4.78 is 2.04. The number of rotatable bonds is 3. The van der Waals surface area contributed by atoms with Crippen LogP contribution in [0.4, 0.5) is 0 Å². The molecule has 0 radical (unpaired) electrons. The van der Waals surface area contributed by atoms with Gasteiger partial charge in [-0.15, -0.1) is 0 Å². The van der Waals surface area contributed by atoms with Gasteiger partial charge in [0.2, 0.25) is 0 Å². The van der Waals surface area contributed by atoms with Crippen LogP contribution in [0.3, 0.4) is 0 Å². The third kappa shape index (κ3) is 2.11. The van der Waals surface area contributed by atoms with Gasteiger partial charge in [0.1, 0.15) is 0 Å². The van der Waals surface area contributed by atoms with Crippen molar-refractivity contribution in [3.05, 3.63) is 16.9 Å². The van der Waals surface area contributed by atoms with Crippen molar-refractivity contribution in [2.75, 3.05) is 7.05 Å². The summed E-state index contributed by atoms with van der Waals surface area (Å²) in [6.07, 6.45) is 6.86. The van der Waals surface area contributed by atoms with E-state index in [1.165, 1.54) is 31.4 Å². The van der Waals surface area contributed by atoms with Crippen molar-refractivity contribution in [2.24, 2.45) is 0 Å². The molecule has 0 bridgehead atoms. The first-order chi connectivity index (χ1) is 7.77. The highest BCUT2D eigenvalue weighted by Crippen LogP contribution is 2.36. The van der Waals surface area contributed by atoms with Crippen LogP contribution in [0, 0.1) is 0 Å². The van der Waals surface area contributed by atoms with E-state index in [1.54, 1.807) is 6.20 Å². The zero-order valence-electron chi connectivity index (χ0n) is 10.0. The number of nitrogens with one attached hydrogen (secondary N) is 1. The molecule has 1 aromatic rings. The fraction of sp³-hybridized carbons (Fsp3) is 0.750. The van der Waals surface area contributed by atoms with Gasteiger partial charge < -0.3 is 5.32 Å². The van der Waals surface area contributed by atoms with E-state index in [2.05, 4.69) is 17.3 Å². The van der Waals surface area contributed by atoms with Crippen molar-refractivity contribution in [1.82, 2.24) is 15.1 Å². The van der Waals surface area contributed by atoms with Gasteiger partial charge in [0.25, 0.3) is 0 Å². The van der Waals surface area contributed by atoms with Gasteiger partial charge in [-0.05, 0) is 26.8 Å². The molecule has 2 rings (SSSR count). The standard InChI is InChI=1S/C12H20ClN3/c1-3-16-12(10(13)8-15-16)9-6-4-5-7-11(9)14-2/h8-9,11,14H,3-7H2,1-2H3. The highest BCUT2D eigenvalue weighted by Gasteiger charge is 2.29. The lowest BCUT2D eigenvalue weighted by Gasteiger charge is -2.31. The quantitative estimate of drug-likeness (QED) is 0.882. The van der Waals surface area contributed by atoms with E-state index in [-0.39, 0.29) is 0 Å². The van der Waals surface area contributed by atoms with Crippen LogP contribution in [0.1, 0.15) is 44.2 Å². The third-order valence-electron chi connectivity index (χ3n) is 3.62. The summed E-state index contributed by atoms with van der Waals surface area (Å²) in [5.41, 5.74) is 1.23. The first-order valence-corrected chi connectivity index (χ1v) is 6.54. The van der Waals surface area contributed by atoms with Crippen molar-refractivity contribution in [3.63, 3.8) is 0 Å². The lowest BCUT2D eigenvalue weighted by Crippen LogP contribution is -2.35. The highest BCUT2D eigenvalue weighted by molar-refractivity contribution is 6.31. The number of halogens is 1. The van der Waals surface area contributed by atoms with E-state index in [1.807, 2.05) is 11.7 Å². The molecule has 0 aliphatic heterocycles. The Kier molecular flexibility index (Phi) is 3.87. The van der Waals surface area contributed by atoms with Gasteiger partial charge in [0.15, 0.2) is 0 Å². The average molecular weight is 242 g/mol. The van der Waals surface area contributed by atoms with E-state index in [9.17, 15) is 0 Å². The van der Waals surface area contributed by atoms with Crippen molar-refractivity contribution < 1.29 is 0 Å². The molecule has 1 fully saturated rings. The molecule has 0 saturated heterocycles. The summed E-state index contributed by atoms with van der Waals surface area (Å²) in [5.74, 6) is 0.522. The molecule has 1 aliphatic rings. The summed E-state index contributed by atoms with van der Waals surface area (Å²) in [5, 5.41) is 8.58. The number of hydrogen-bond donors (Lipinski definition) is 1. The topological polar surface area (TPSA) is 29.9 Å². The van der Waals surface area contributed by atoms with Crippen LogP contribution < -0.4 is 5.32 Å². The van der Waals surface area contributed by atoms with Crippen molar-refractivity contribution in [1.29, 1.82) is 0 Å². The molecule has 2 atom stereocenters. The minimum atomic E-state index is 0.522. The maximum atomic E-state index is 6.27. The zero-order valence-corrected chi connectivity index (χ0v) is 10.8. The number of aromatic nitrogens is 2. The highest BCUT2D eigenvalue weighted by atomic mass is 35.5. The number of hydrogen-bond acceptors (Lipinski definition) is 2. The molecule has 4 heteroatoms. The van der Waals surface area contributed by atoms with Crippen LogP contribution in [0.2, 0.25) is 5.02 Å². The van der Waals surface area contributed by atoms with Crippen LogP contribution in [0.5, 0.6) is 0 Å². The third-order valence-corrected chi connectivity index (χ3v) is 3.91. The average Bonchev–Trinajstić information content (AvgIpc) is 2.70. The molecule has 1 aliphatic carbocycles. The molecule has 2 unspecified atom stereocenters. The summed E-state index contributed by atoms with van der Waals surface area (Å²) in [6, 6.07) is 0.549. The van der Waals surface area contributed by atoms with Crippen LogP contribution in [0.25, 0.3) is 0 Å². The molecule has 0 spiro atoms. The Hall–Kier alpha value is -0.540. The fourth-order valence-corrected chi connectivity index (χ4v) is 3.08. The Morgan fingerprint density at radius 2 is 2.25 bits per heavy atom. The molecule has 1 N–H and O–H groups in total. The maximum absolute atomic E-state index is 6.27. The van der Waals surface area contributed by atoms with E-state index in [0.29, 0.717) is 12.0 Å². The Balaban J connectivity index is 2.29. The van der Waals surface area contributed by atoms with E-state index in [0.717, 1.165) is 11.6 Å². The molecule has 1 aromatic heterocycles. The molecule has 0 amide bonds. The molecular formula is C12H20ClN3. The van der Waals surface area contributed by atoms with Gasteiger partial charge in [-0.2, -0.15) is 5.10 Å². The molecule has 1 saturated carbocycles. The van der Waals surface area contributed by atoms with Gasteiger partial charge in [-0.3, -0.25) is 4.68 Å². The molecule has 0 aromatic carbocycles. The summed E-state index contributed by atoms with van der Waals surface area (Å²) in [4.78, 5) is 0. The van der Waals surface area contributed by atoms with Crippen molar-refractivity contribution in [2.45, 2.75) is 51.1 Å². The minimum absolute atomic E-state index is 0.522. The molecule has 3 nitrogen and oxygen atoms in total. The van der Waals surface area contributed by atoms with Crippen LogP contribution in [-0.4, -0.2) is 22.9 Å². The lowest BCUT2D eigenvalue weighted by atomic mass is 9.82. The largest absolute Gasteiger partial charge is 0.316 e. The SMILES string of the molecule is CCn1ncc(Cl)c1C1CCCCC1NC. The summed E-state index contributed by atoms with van der Waals surface area (Å²) >= 11 is 6.27. The molecule has 16 heavy (non-hydrogen) atoms.